The molecule has 1 aliphatic rings. The van der Waals surface area contributed by atoms with E-state index in [1.807, 2.05) is 12.4 Å². The average Bonchev–Trinajstić information content (AvgIpc) is 2.47. The molecule has 0 aliphatic carbocycles. The fourth-order valence-corrected chi connectivity index (χ4v) is 3.39. The van der Waals surface area contributed by atoms with Crippen molar-refractivity contribution in [1.82, 2.24) is 9.88 Å². The first-order valence-corrected chi connectivity index (χ1v) is 7.38. The number of hydrogen-bond donors (Lipinski definition) is 0. The van der Waals surface area contributed by atoms with Gasteiger partial charge in [0.15, 0.2) is 0 Å². The van der Waals surface area contributed by atoms with E-state index in [0.717, 1.165) is 0 Å². The third-order valence-corrected chi connectivity index (χ3v) is 4.90. The molecule has 3 rings (SSSR count). The number of rotatable bonds is 1. The van der Waals surface area contributed by atoms with Crippen LogP contribution in [-0.4, -0.2) is 16.9 Å². The number of pyridine rings is 1. The van der Waals surface area contributed by atoms with Gasteiger partial charge >= 0.3 is 0 Å². The number of fused-ring (bicyclic) bond motifs is 1. The molecule has 2 aromatic rings. The zero-order valence-electron chi connectivity index (χ0n) is 13.4. The highest BCUT2D eigenvalue weighted by molar-refractivity contribution is 5.61. The van der Waals surface area contributed by atoms with Crippen LogP contribution in [0.25, 0.3) is 6.08 Å². The Balaban J connectivity index is 2.32. The molecule has 0 amide bonds. The van der Waals surface area contributed by atoms with Crippen molar-refractivity contribution in [2.45, 2.75) is 33.2 Å². The predicted octanol–water partition coefficient (Wildman–Crippen LogP) is 4.19. The van der Waals surface area contributed by atoms with E-state index >= 15 is 0 Å². The van der Waals surface area contributed by atoms with Crippen molar-refractivity contribution in [3.05, 3.63) is 70.2 Å². The Morgan fingerprint density at radius 2 is 1.86 bits per heavy atom. The summed E-state index contributed by atoms with van der Waals surface area (Å²) in [6.45, 7) is 8.89. The van der Waals surface area contributed by atoms with Crippen molar-refractivity contribution in [3.8, 4) is 0 Å². The molecule has 1 aliphatic heterocycles. The maximum absolute atomic E-state index is 4.27. The molecule has 1 unspecified atom stereocenters. The normalized spacial score (nSPS) is 20.5. The van der Waals surface area contributed by atoms with E-state index in [1.54, 1.807) is 0 Å². The lowest BCUT2D eigenvalue weighted by Crippen LogP contribution is -2.42. The summed E-state index contributed by atoms with van der Waals surface area (Å²) in [4.78, 5) is 6.57. The lowest BCUT2D eigenvalue weighted by Gasteiger charge is -2.43. The minimum atomic E-state index is -0.159. The Kier molecular flexibility index (Phi) is 3.12. The average molecular weight is 278 g/mol. The van der Waals surface area contributed by atoms with Crippen molar-refractivity contribution in [2.75, 3.05) is 7.05 Å². The Hall–Kier alpha value is -2.09. The molecule has 108 valence electrons. The van der Waals surface area contributed by atoms with Crippen LogP contribution in [0, 0.1) is 20.8 Å². The fraction of sp³-hybridized carbons (Fsp3) is 0.316. The zero-order valence-corrected chi connectivity index (χ0v) is 13.4. The van der Waals surface area contributed by atoms with Crippen molar-refractivity contribution >= 4 is 6.08 Å². The number of hydrogen-bond acceptors (Lipinski definition) is 2. The Bertz CT molecular complexity index is 730. The van der Waals surface area contributed by atoms with Crippen molar-refractivity contribution in [2.24, 2.45) is 0 Å². The van der Waals surface area contributed by atoms with Gasteiger partial charge in [-0.2, -0.15) is 0 Å². The second-order valence-electron chi connectivity index (χ2n) is 6.22. The van der Waals surface area contributed by atoms with Crippen LogP contribution in [0.4, 0.5) is 0 Å². The first-order valence-electron chi connectivity index (χ1n) is 7.38. The second kappa shape index (κ2) is 4.73. The largest absolute Gasteiger partial charge is 0.367 e. The van der Waals surface area contributed by atoms with Gasteiger partial charge in [-0.25, -0.2) is 0 Å². The van der Waals surface area contributed by atoms with Crippen LogP contribution in [0.2, 0.25) is 0 Å². The number of nitrogens with zero attached hydrogens (tertiary/aromatic N) is 2. The summed E-state index contributed by atoms with van der Waals surface area (Å²) in [7, 11) is 2.15. The Morgan fingerprint density at radius 1 is 1.10 bits per heavy atom. The molecule has 0 radical (unpaired) electrons. The standard InChI is InChI=1S/C19H22N2/c1-13-10-14(2)15(3)18(11-13)19(4)17-6-8-20-12-16(17)7-9-21(19)5/h6-12H,1-5H3. The Morgan fingerprint density at radius 3 is 2.62 bits per heavy atom. The lowest BCUT2D eigenvalue weighted by molar-refractivity contribution is 0.250. The lowest BCUT2D eigenvalue weighted by atomic mass is 9.77. The van der Waals surface area contributed by atoms with Crippen molar-refractivity contribution in [3.63, 3.8) is 0 Å². The highest BCUT2D eigenvalue weighted by Crippen LogP contribution is 2.42. The summed E-state index contributed by atoms with van der Waals surface area (Å²) in [5.74, 6) is 0. The third-order valence-electron chi connectivity index (χ3n) is 4.90. The fourth-order valence-electron chi connectivity index (χ4n) is 3.39. The molecule has 0 fully saturated rings. The molecule has 1 aromatic heterocycles. The van der Waals surface area contributed by atoms with Crippen LogP contribution in [0.1, 0.15) is 40.3 Å². The topological polar surface area (TPSA) is 16.1 Å². The van der Waals surface area contributed by atoms with Gasteiger partial charge in [0, 0.05) is 31.2 Å². The Labute approximate surface area is 127 Å². The van der Waals surface area contributed by atoms with E-state index in [0.29, 0.717) is 0 Å². The van der Waals surface area contributed by atoms with Crippen LogP contribution in [0.15, 0.2) is 36.8 Å². The first-order chi connectivity index (χ1) is 9.94. The molecule has 2 heterocycles. The molecule has 0 spiro atoms. The highest BCUT2D eigenvalue weighted by Gasteiger charge is 2.37. The molecule has 0 N–H and O–H groups in total. The van der Waals surface area contributed by atoms with E-state index in [1.165, 1.54) is 33.4 Å². The maximum Gasteiger partial charge on any atom is 0.0879 e. The monoisotopic (exact) mass is 278 g/mol. The van der Waals surface area contributed by atoms with Gasteiger partial charge in [-0.15, -0.1) is 0 Å². The SMILES string of the molecule is Cc1cc(C)c(C)c(C2(C)c3ccncc3C=CN2C)c1. The predicted molar refractivity (Wildman–Crippen MR) is 88.1 cm³/mol. The van der Waals surface area contributed by atoms with Gasteiger partial charge in [0.05, 0.1) is 5.54 Å². The summed E-state index contributed by atoms with van der Waals surface area (Å²) in [6, 6.07) is 6.73. The number of aromatic nitrogens is 1. The van der Waals surface area contributed by atoms with Crippen LogP contribution < -0.4 is 0 Å². The molecule has 2 heteroatoms. The van der Waals surface area contributed by atoms with E-state index < -0.39 is 0 Å². The zero-order chi connectivity index (χ0) is 15.2. The van der Waals surface area contributed by atoms with Crippen molar-refractivity contribution < 1.29 is 0 Å². The minimum Gasteiger partial charge on any atom is -0.367 e. The van der Waals surface area contributed by atoms with E-state index in [9.17, 15) is 0 Å². The summed E-state index contributed by atoms with van der Waals surface area (Å²) in [5.41, 5.74) is 7.77. The molecule has 0 saturated carbocycles. The highest BCUT2D eigenvalue weighted by atomic mass is 15.2. The van der Waals surface area contributed by atoms with E-state index in [4.69, 9.17) is 0 Å². The van der Waals surface area contributed by atoms with Gasteiger partial charge in [-0.05, 0) is 62.1 Å². The number of benzene rings is 1. The minimum absolute atomic E-state index is 0.159. The first kappa shape index (κ1) is 13.9. The molecule has 21 heavy (non-hydrogen) atoms. The molecule has 1 atom stereocenters. The quantitative estimate of drug-likeness (QED) is 0.777. The second-order valence-corrected chi connectivity index (χ2v) is 6.22. The van der Waals surface area contributed by atoms with E-state index in [-0.39, 0.29) is 5.54 Å². The van der Waals surface area contributed by atoms with Gasteiger partial charge in [0.1, 0.15) is 0 Å². The molecule has 2 nitrogen and oxygen atoms in total. The summed E-state index contributed by atoms with van der Waals surface area (Å²) >= 11 is 0. The summed E-state index contributed by atoms with van der Waals surface area (Å²) in [6.07, 6.45) is 8.14. The van der Waals surface area contributed by atoms with Gasteiger partial charge in [0.25, 0.3) is 0 Å². The van der Waals surface area contributed by atoms with Gasteiger partial charge in [-0.3, -0.25) is 4.98 Å². The van der Waals surface area contributed by atoms with Crippen LogP contribution in [-0.2, 0) is 5.54 Å². The molecule has 0 saturated heterocycles. The maximum atomic E-state index is 4.27. The summed E-state index contributed by atoms with van der Waals surface area (Å²) in [5, 5.41) is 0. The smallest absolute Gasteiger partial charge is 0.0879 e. The molecular weight excluding hydrogens is 256 g/mol. The van der Waals surface area contributed by atoms with Crippen LogP contribution in [0.3, 0.4) is 0 Å². The van der Waals surface area contributed by atoms with Gasteiger partial charge < -0.3 is 4.90 Å². The van der Waals surface area contributed by atoms with Crippen LogP contribution in [0.5, 0.6) is 0 Å². The summed E-state index contributed by atoms with van der Waals surface area (Å²) < 4.78 is 0. The number of aryl methyl sites for hydroxylation is 2. The molecular formula is C19H22N2. The van der Waals surface area contributed by atoms with Gasteiger partial charge in [0.2, 0.25) is 0 Å². The van der Waals surface area contributed by atoms with E-state index in [2.05, 4.69) is 75.1 Å². The third kappa shape index (κ3) is 1.98. The van der Waals surface area contributed by atoms with Crippen LogP contribution >= 0.6 is 0 Å². The molecule has 0 bridgehead atoms. The van der Waals surface area contributed by atoms with Crippen molar-refractivity contribution in [1.29, 1.82) is 0 Å². The molecule has 1 aromatic carbocycles. The van der Waals surface area contributed by atoms with Gasteiger partial charge in [-0.1, -0.05) is 17.7 Å².